The fourth-order valence-corrected chi connectivity index (χ4v) is 8.68. The van der Waals surface area contributed by atoms with Gasteiger partial charge in [0.1, 0.15) is 5.82 Å². The van der Waals surface area contributed by atoms with Crippen LogP contribution in [0.2, 0.25) is 0 Å². The van der Waals surface area contributed by atoms with E-state index < -0.39 is 0 Å². The van der Waals surface area contributed by atoms with Crippen molar-refractivity contribution >= 4 is 60.7 Å². The maximum atomic E-state index is 5.33. The molecule has 0 amide bonds. The van der Waals surface area contributed by atoms with Gasteiger partial charge >= 0.3 is 0 Å². The highest BCUT2D eigenvalue weighted by molar-refractivity contribution is 6.19. The summed E-state index contributed by atoms with van der Waals surface area (Å²) in [6.45, 7) is 4.74. The van der Waals surface area contributed by atoms with Gasteiger partial charge < -0.3 is 4.57 Å². The highest BCUT2D eigenvalue weighted by Gasteiger charge is 2.37. The zero-order chi connectivity index (χ0) is 32.4. The van der Waals surface area contributed by atoms with Gasteiger partial charge in [0.05, 0.1) is 33.3 Å². The smallest absolute Gasteiger partial charge is 0.148 e. The van der Waals surface area contributed by atoms with Crippen molar-refractivity contribution in [1.29, 1.82) is 0 Å². The Morgan fingerprint density at radius 3 is 1.90 bits per heavy atom. The van der Waals surface area contributed by atoms with Crippen LogP contribution < -0.4 is 4.90 Å². The minimum absolute atomic E-state index is 0.212. The molecule has 0 N–H and O–H groups in total. The van der Waals surface area contributed by atoms with Crippen molar-refractivity contribution in [2.75, 3.05) is 4.90 Å². The minimum atomic E-state index is -0.212. The van der Waals surface area contributed by atoms with Crippen LogP contribution in [0.3, 0.4) is 0 Å². The summed E-state index contributed by atoms with van der Waals surface area (Å²) >= 11 is 0. The average molecular weight is 627 g/mol. The van der Waals surface area contributed by atoms with E-state index in [1.165, 1.54) is 55.1 Å². The topological polar surface area (TPSA) is 34.0 Å². The third kappa shape index (κ3) is 3.47. The van der Waals surface area contributed by atoms with Crippen LogP contribution in [0.4, 0.5) is 17.2 Å². The number of rotatable bonds is 2. The maximum Gasteiger partial charge on any atom is 0.148 e. The van der Waals surface area contributed by atoms with Crippen LogP contribution >= 0.6 is 0 Å². The number of benzene rings is 6. The van der Waals surface area contributed by atoms with Crippen LogP contribution in [0, 0.1) is 0 Å². The molecule has 1 aliphatic carbocycles. The van der Waals surface area contributed by atoms with Gasteiger partial charge in [-0.1, -0.05) is 98.8 Å². The molecule has 0 unspecified atom stereocenters. The normalized spacial score (nSPS) is 14.0. The summed E-state index contributed by atoms with van der Waals surface area (Å²) in [6.07, 6.45) is 1.93. The van der Waals surface area contributed by atoms with Crippen molar-refractivity contribution in [1.82, 2.24) is 14.5 Å². The molecular formula is C45H30N4. The van der Waals surface area contributed by atoms with Crippen LogP contribution in [0.25, 0.3) is 71.6 Å². The monoisotopic (exact) mass is 626 g/mol. The van der Waals surface area contributed by atoms with Crippen molar-refractivity contribution in [2.24, 2.45) is 0 Å². The van der Waals surface area contributed by atoms with E-state index in [0.29, 0.717) is 0 Å². The summed E-state index contributed by atoms with van der Waals surface area (Å²) in [5.41, 5.74) is 14.0. The number of fused-ring (bicyclic) bond motifs is 10. The van der Waals surface area contributed by atoms with Gasteiger partial charge in [0.25, 0.3) is 0 Å². The maximum absolute atomic E-state index is 5.33. The Bertz CT molecular complexity index is 2820. The molecule has 4 nitrogen and oxygen atoms in total. The van der Waals surface area contributed by atoms with Crippen molar-refractivity contribution in [2.45, 2.75) is 19.3 Å². The standard InChI is InChI=1S/C45H30N4/c1-45(2)36-25-27(48-39-16-8-4-12-32(39)33-13-5-9-17-40(33)48)19-21-29(36)30-22-20-28(26-37(30)45)49-41-18-10-6-14-35(41)43-42-34(23-24-46-43)31-11-3-7-15-38(31)47-44(42)49/h3-26H,1-2H3. The fourth-order valence-electron chi connectivity index (χ4n) is 8.68. The molecule has 4 heteroatoms. The number of nitrogens with zero attached hydrogens (tertiary/aromatic N) is 4. The third-order valence-electron chi connectivity index (χ3n) is 10.9. The summed E-state index contributed by atoms with van der Waals surface area (Å²) in [5, 5.41) is 5.98. The SMILES string of the molecule is CC1(C)c2cc(N3c4ccccc4-c4nccc5c4c3nc3ccccc35)ccc2-c2ccc(-n3c4ccccc4c4ccccc43)cc21. The van der Waals surface area contributed by atoms with Gasteiger partial charge in [-0.2, -0.15) is 0 Å². The molecule has 2 aliphatic rings. The molecule has 9 aromatic rings. The van der Waals surface area contributed by atoms with Gasteiger partial charge in [-0.15, -0.1) is 0 Å². The van der Waals surface area contributed by atoms with Crippen molar-refractivity contribution in [3.8, 4) is 28.1 Å². The molecule has 0 spiro atoms. The lowest BCUT2D eigenvalue weighted by atomic mass is 9.82. The van der Waals surface area contributed by atoms with E-state index in [1.807, 2.05) is 6.20 Å². The molecule has 0 atom stereocenters. The predicted octanol–water partition coefficient (Wildman–Crippen LogP) is 11.6. The first kappa shape index (κ1) is 26.8. The lowest BCUT2D eigenvalue weighted by molar-refractivity contribution is 0.660. The number of anilines is 3. The molecule has 0 radical (unpaired) electrons. The fraction of sp³-hybridized carbons (Fsp3) is 0.0667. The van der Waals surface area contributed by atoms with Crippen LogP contribution in [0.15, 0.2) is 146 Å². The quantitative estimate of drug-likeness (QED) is 0.179. The van der Waals surface area contributed by atoms with E-state index in [0.717, 1.165) is 44.7 Å². The Morgan fingerprint density at radius 2 is 1.14 bits per heavy atom. The zero-order valence-electron chi connectivity index (χ0n) is 27.1. The molecule has 0 bridgehead atoms. The molecule has 11 rings (SSSR count). The van der Waals surface area contributed by atoms with Crippen LogP contribution in [-0.2, 0) is 5.41 Å². The molecular weight excluding hydrogens is 597 g/mol. The summed E-state index contributed by atoms with van der Waals surface area (Å²) in [5.74, 6) is 0.928. The number of aromatic nitrogens is 3. The van der Waals surface area contributed by atoms with Crippen LogP contribution in [0.5, 0.6) is 0 Å². The molecule has 230 valence electrons. The Hall–Kier alpha value is -6.26. The Kier molecular flexibility index (Phi) is 5.15. The molecule has 49 heavy (non-hydrogen) atoms. The van der Waals surface area contributed by atoms with E-state index in [2.05, 4.69) is 163 Å². The van der Waals surface area contributed by atoms with Gasteiger partial charge in [-0.3, -0.25) is 9.88 Å². The first-order valence-electron chi connectivity index (χ1n) is 16.9. The second kappa shape index (κ2) is 9.42. The van der Waals surface area contributed by atoms with Crippen molar-refractivity contribution < 1.29 is 0 Å². The zero-order valence-corrected chi connectivity index (χ0v) is 27.1. The highest BCUT2D eigenvalue weighted by atomic mass is 15.2. The number of pyridine rings is 2. The Labute approximate surface area is 283 Å². The first-order chi connectivity index (χ1) is 24.1. The molecule has 0 saturated carbocycles. The number of hydrogen-bond acceptors (Lipinski definition) is 3. The third-order valence-corrected chi connectivity index (χ3v) is 10.9. The lowest BCUT2D eigenvalue weighted by Crippen LogP contribution is -2.19. The average Bonchev–Trinajstić information content (AvgIpc) is 3.60. The first-order valence-corrected chi connectivity index (χ1v) is 16.9. The van der Waals surface area contributed by atoms with Crippen molar-refractivity contribution in [3.63, 3.8) is 0 Å². The van der Waals surface area contributed by atoms with Gasteiger partial charge in [-0.05, 0) is 82.2 Å². The van der Waals surface area contributed by atoms with Gasteiger partial charge in [0, 0.05) is 44.7 Å². The lowest BCUT2D eigenvalue weighted by Gasteiger charge is -2.33. The highest BCUT2D eigenvalue weighted by Crippen LogP contribution is 2.54. The second-order valence-electron chi connectivity index (χ2n) is 13.8. The van der Waals surface area contributed by atoms with E-state index in [1.54, 1.807) is 0 Å². The number of para-hydroxylation sites is 4. The predicted molar refractivity (Wildman–Crippen MR) is 203 cm³/mol. The van der Waals surface area contributed by atoms with Gasteiger partial charge in [-0.25, -0.2) is 4.98 Å². The van der Waals surface area contributed by atoms with Gasteiger partial charge in [0.2, 0.25) is 0 Å². The van der Waals surface area contributed by atoms with Crippen molar-refractivity contribution in [3.05, 3.63) is 157 Å². The Morgan fingerprint density at radius 1 is 0.531 bits per heavy atom. The largest absolute Gasteiger partial charge is 0.309 e. The van der Waals surface area contributed by atoms with E-state index in [-0.39, 0.29) is 5.41 Å². The van der Waals surface area contributed by atoms with E-state index in [4.69, 9.17) is 9.97 Å². The minimum Gasteiger partial charge on any atom is -0.309 e. The summed E-state index contributed by atoms with van der Waals surface area (Å²) in [4.78, 5) is 12.6. The molecule has 4 heterocycles. The molecule has 0 saturated heterocycles. The number of hydrogen-bond donors (Lipinski definition) is 0. The van der Waals surface area contributed by atoms with E-state index >= 15 is 0 Å². The molecule has 6 aromatic carbocycles. The van der Waals surface area contributed by atoms with Crippen LogP contribution in [0.1, 0.15) is 25.0 Å². The summed E-state index contributed by atoms with van der Waals surface area (Å²) < 4.78 is 2.42. The summed E-state index contributed by atoms with van der Waals surface area (Å²) in [6, 6.07) is 50.7. The van der Waals surface area contributed by atoms with Crippen LogP contribution in [-0.4, -0.2) is 14.5 Å². The molecule has 1 aliphatic heterocycles. The molecule has 3 aromatic heterocycles. The Balaban J connectivity index is 1.11. The van der Waals surface area contributed by atoms with Gasteiger partial charge in [0.15, 0.2) is 0 Å². The second-order valence-corrected chi connectivity index (χ2v) is 13.8. The summed E-state index contributed by atoms with van der Waals surface area (Å²) in [7, 11) is 0. The van der Waals surface area contributed by atoms with E-state index in [9.17, 15) is 0 Å². The molecule has 0 fully saturated rings.